The summed E-state index contributed by atoms with van der Waals surface area (Å²) in [6.45, 7) is 7.07. The van der Waals surface area contributed by atoms with E-state index in [2.05, 4.69) is 31.3 Å². The van der Waals surface area contributed by atoms with Crippen LogP contribution in [0.4, 0.5) is 5.69 Å². The fourth-order valence-electron chi connectivity index (χ4n) is 1.82. The van der Waals surface area contributed by atoms with E-state index in [1.807, 2.05) is 25.1 Å². The lowest BCUT2D eigenvalue weighted by atomic mass is 10.1. The van der Waals surface area contributed by atoms with Gasteiger partial charge < -0.3 is 5.32 Å². The SMILES string of the molecule is Cc1ccc(C#N)c(NCc2cc(C)c(C)s2)c1. The Morgan fingerprint density at radius 2 is 2.00 bits per heavy atom. The quantitative estimate of drug-likeness (QED) is 0.895. The number of thiophene rings is 1. The van der Waals surface area contributed by atoms with Gasteiger partial charge in [0.1, 0.15) is 6.07 Å². The Balaban J connectivity index is 2.15. The Kier molecular flexibility index (Phi) is 3.69. The molecule has 0 spiro atoms. The third-order valence-corrected chi connectivity index (χ3v) is 4.12. The second kappa shape index (κ2) is 5.24. The van der Waals surface area contributed by atoms with Gasteiger partial charge in [0.2, 0.25) is 0 Å². The van der Waals surface area contributed by atoms with Gasteiger partial charge in [0.05, 0.1) is 11.3 Å². The van der Waals surface area contributed by atoms with E-state index in [0.717, 1.165) is 17.8 Å². The average Bonchev–Trinajstić information content (AvgIpc) is 2.66. The number of hydrogen-bond acceptors (Lipinski definition) is 3. The maximum absolute atomic E-state index is 9.07. The molecule has 2 rings (SSSR count). The smallest absolute Gasteiger partial charge is 0.101 e. The van der Waals surface area contributed by atoms with E-state index < -0.39 is 0 Å². The molecule has 18 heavy (non-hydrogen) atoms. The van der Waals surface area contributed by atoms with Crippen LogP contribution in [-0.2, 0) is 6.54 Å². The molecule has 0 fully saturated rings. The van der Waals surface area contributed by atoms with E-state index in [1.165, 1.54) is 15.3 Å². The zero-order valence-corrected chi connectivity index (χ0v) is 11.7. The van der Waals surface area contributed by atoms with Gasteiger partial charge in [-0.25, -0.2) is 0 Å². The summed E-state index contributed by atoms with van der Waals surface area (Å²) in [4.78, 5) is 2.66. The van der Waals surface area contributed by atoms with Crippen LogP contribution in [0.2, 0.25) is 0 Å². The van der Waals surface area contributed by atoms with Crippen LogP contribution < -0.4 is 5.32 Å². The summed E-state index contributed by atoms with van der Waals surface area (Å²) in [5.74, 6) is 0. The molecule has 0 atom stereocenters. The number of hydrogen-bond donors (Lipinski definition) is 1. The summed E-state index contributed by atoms with van der Waals surface area (Å²) < 4.78 is 0. The van der Waals surface area contributed by atoms with Crippen LogP contribution in [0.25, 0.3) is 0 Å². The highest BCUT2D eigenvalue weighted by atomic mass is 32.1. The first-order valence-corrected chi connectivity index (χ1v) is 6.72. The van der Waals surface area contributed by atoms with E-state index in [9.17, 15) is 0 Å². The van der Waals surface area contributed by atoms with Crippen molar-refractivity contribution in [2.24, 2.45) is 0 Å². The summed E-state index contributed by atoms with van der Waals surface area (Å²) >= 11 is 1.81. The first-order valence-electron chi connectivity index (χ1n) is 5.90. The van der Waals surface area contributed by atoms with E-state index in [-0.39, 0.29) is 0 Å². The van der Waals surface area contributed by atoms with Crippen LogP contribution in [0.15, 0.2) is 24.3 Å². The lowest BCUT2D eigenvalue weighted by Gasteiger charge is -2.07. The Hall–Kier alpha value is -1.79. The molecule has 92 valence electrons. The first kappa shape index (κ1) is 12.7. The molecule has 0 unspecified atom stereocenters. The van der Waals surface area contributed by atoms with E-state index >= 15 is 0 Å². The monoisotopic (exact) mass is 256 g/mol. The van der Waals surface area contributed by atoms with Crippen molar-refractivity contribution < 1.29 is 0 Å². The van der Waals surface area contributed by atoms with Crippen LogP contribution in [0.3, 0.4) is 0 Å². The lowest BCUT2D eigenvalue weighted by Crippen LogP contribution is -2.00. The largest absolute Gasteiger partial charge is 0.379 e. The average molecular weight is 256 g/mol. The minimum Gasteiger partial charge on any atom is -0.379 e. The molecule has 0 aliphatic rings. The van der Waals surface area contributed by atoms with Crippen molar-refractivity contribution in [3.05, 3.63) is 50.7 Å². The van der Waals surface area contributed by atoms with Crippen LogP contribution in [0.1, 0.15) is 26.4 Å². The molecule has 1 aromatic heterocycles. The number of nitriles is 1. The third-order valence-electron chi connectivity index (χ3n) is 2.97. The van der Waals surface area contributed by atoms with Gasteiger partial charge in [-0.3, -0.25) is 0 Å². The molecule has 0 aliphatic carbocycles. The zero-order valence-electron chi connectivity index (χ0n) is 10.9. The highest BCUT2D eigenvalue weighted by Crippen LogP contribution is 2.23. The molecule has 0 saturated carbocycles. The maximum Gasteiger partial charge on any atom is 0.101 e. The van der Waals surface area contributed by atoms with Crippen LogP contribution in [0.5, 0.6) is 0 Å². The molecule has 2 aromatic rings. The van der Waals surface area contributed by atoms with E-state index in [1.54, 1.807) is 11.3 Å². The molecule has 1 N–H and O–H groups in total. The van der Waals surface area contributed by atoms with Crippen LogP contribution >= 0.6 is 11.3 Å². The van der Waals surface area contributed by atoms with Gasteiger partial charge in [-0.15, -0.1) is 11.3 Å². The minimum atomic E-state index is 0.700. The number of rotatable bonds is 3. The van der Waals surface area contributed by atoms with Crippen molar-refractivity contribution in [1.82, 2.24) is 0 Å². The molecule has 0 radical (unpaired) electrons. The van der Waals surface area contributed by atoms with Gasteiger partial charge in [-0.05, 0) is 50.1 Å². The number of nitrogens with zero attached hydrogens (tertiary/aromatic N) is 1. The number of benzene rings is 1. The van der Waals surface area contributed by atoms with Crippen molar-refractivity contribution in [2.75, 3.05) is 5.32 Å². The molecule has 0 saturated heterocycles. The molecule has 0 bridgehead atoms. The Labute approximate surface area is 112 Å². The normalized spacial score (nSPS) is 10.1. The highest BCUT2D eigenvalue weighted by molar-refractivity contribution is 7.12. The van der Waals surface area contributed by atoms with Gasteiger partial charge in [-0.1, -0.05) is 6.07 Å². The minimum absolute atomic E-state index is 0.700. The van der Waals surface area contributed by atoms with Crippen molar-refractivity contribution in [3.63, 3.8) is 0 Å². The molecule has 1 aromatic carbocycles. The summed E-state index contributed by atoms with van der Waals surface area (Å²) in [5.41, 5.74) is 4.11. The molecule has 3 heteroatoms. The summed E-state index contributed by atoms with van der Waals surface area (Å²) in [6, 6.07) is 10.3. The molecular formula is C15H16N2S. The van der Waals surface area contributed by atoms with Gasteiger partial charge in [-0.2, -0.15) is 5.26 Å². The van der Waals surface area contributed by atoms with Crippen LogP contribution in [-0.4, -0.2) is 0 Å². The standard InChI is InChI=1S/C15H16N2S/c1-10-4-5-13(8-16)15(6-10)17-9-14-7-11(2)12(3)18-14/h4-7,17H,9H2,1-3H3. The first-order chi connectivity index (χ1) is 8.60. The molecule has 0 aliphatic heterocycles. The topological polar surface area (TPSA) is 35.8 Å². The summed E-state index contributed by atoms with van der Waals surface area (Å²) in [7, 11) is 0. The van der Waals surface area contributed by atoms with E-state index in [4.69, 9.17) is 5.26 Å². The van der Waals surface area contributed by atoms with Crippen molar-refractivity contribution in [1.29, 1.82) is 5.26 Å². The van der Waals surface area contributed by atoms with Crippen molar-refractivity contribution >= 4 is 17.0 Å². The van der Waals surface area contributed by atoms with Gasteiger partial charge in [0.15, 0.2) is 0 Å². The number of anilines is 1. The Bertz CT molecular complexity index is 586. The number of nitrogens with one attached hydrogen (secondary N) is 1. The second-order valence-electron chi connectivity index (χ2n) is 4.47. The fourth-order valence-corrected chi connectivity index (χ4v) is 2.81. The van der Waals surface area contributed by atoms with Crippen LogP contribution in [0, 0.1) is 32.1 Å². The van der Waals surface area contributed by atoms with Gasteiger partial charge >= 0.3 is 0 Å². The fraction of sp³-hybridized carbons (Fsp3) is 0.267. The third kappa shape index (κ3) is 2.72. The lowest BCUT2D eigenvalue weighted by molar-refractivity contribution is 1.18. The predicted octanol–water partition coefficient (Wildman–Crippen LogP) is 4.16. The highest BCUT2D eigenvalue weighted by Gasteiger charge is 2.04. The van der Waals surface area contributed by atoms with Crippen molar-refractivity contribution in [2.45, 2.75) is 27.3 Å². The molecule has 0 amide bonds. The molecular weight excluding hydrogens is 240 g/mol. The zero-order chi connectivity index (χ0) is 13.1. The number of aryl methyl sites for hydroxylation is 3. The summed E-state index contributed by atoms with van der Waals surface area (Å²) in [6.07, 6.45) is 0. The van der Waals surface area contributed by atoms with Gasteiger partial charge in [0, 0.05) is 16.3 Å². The predicted molar refractivity (Wildman–Crippen MR) is 77.0 cm³/mol. The van der Waals surface area contributed by atoms with Gasteiger partial charge in [0.25, 0.3) is 0 Å². The maximum atomic E-state index is 9.07. The summed E-state index contributed by atoms with van der Waals surface area (Å²) in [5, 5.41) is 12.4. The van der Waals surface area contributed by atoms with E-state index in [0.29, 0.717) is 5.56 Å². The molecule has 2 nitrogen and oxygen atoms in total. The Morgan fingerprint density at radius 1 is 1.22 bits per heavy atom. The second-order valence-corrected chi connectivity index (χ2v) is 5.81. The Morgan fingerprint density at radius 3 is 2.61 bits per heavy atom. The molecule has 1 heterocycles. The van der Waals surface area contributed by atoms with Crippen molar-refractivity contribution in [3.8, 4) is 6.07 Å².